The van der Waals surface area contributed by atoms with Crippen molar-refractivity contribution in [2.45, 2.75) is 6.42 Å². The maximum absolute atomic E-state index is 13.4. The van der Waals surface area contributed by atoms with E-state index in [1.165, 1.54) is 17.8 Å². The zero-order valence-corrected chi connectivity index (χ0v) is 14.6. The van der Waals surface area contributed by atoms with Gasteiger partial charge in [-0.15, -0.1) is 0 Å². The van der Waals surface area contributed by atoms with E-state index in [9.17, 15) is 9.18 Å². The number of para-hydroxylation sites is 1. The van der Waals surface area contributed by atoms with Crippen LogP contribution in [0.3, 0.4) is 0 Å². The fourth-order valence-corrected chi connectivity index (χ4v) is 2.80. The van der Waals surface area contributed by atoms with Gasteiger partial charge in [-0.3, -0.25) is 4.79 Å². The Morgan fingerprint density at radius 2 is 1.85 bits per heavy atom. The highest BCUT2D eigenvalue weighted by molar-refractivity contribution is 5.77. The summed E-state index contributed by atoms with van der Waals surface area (Å²) in [5.41, 5.74) is 2.34. The Labute approximate surface area is 152 Å². The number of nitrogens with zero attached hydrogens (tertiary/aromatic N) is 1. The normalized spacial score (nSPS) is 14.1. The third-order valence-electron chi connectivity index (χ3n) is 4.24. The molecule has 0 spiro atoms. The van der Waals surface area contributed by atoms with Crippen molar-refractivity contribution in [3.05, 3.63) is 59.9 Å². The number of morpholine rings is 1. The van der Waals surface area contributed by atoms with Gasteiger partial charge in [0.1, 0.15) is 0 Å². The first-order valence-electron chi connectivity index (χ1n) is 8.78. The van der Waals surface area contributed by atoms with Gasteiger partial charge in [0.05, 0.1) is 13.2 Å². The third-order valence-corrected chi connectivity index (χ3v) is 4.24. The summed E-state index contributed by atoms with van der Waals surface area (Å²) in [5, 5.41) is 2.79. The lowest BCUT2D eigenvalue weighted by molar-refractivity contribution is -0.123. The van der Waals surface area contributed by atoms with Crippen molar-refractivity contribution < 1.29 is 18.7 Å². The molecule has 2 aromatic carbocycles. The fourth-order valence-electron chi connectivity index (χ4n) is 2.80. The number of hydrogen-bond acceptors (Lipinski definition) is 4. The second kappa shape index (κ2) is 9.20. The molecule has 0 aromatic heterocycles. The van der Waals surface area contributed by atoms with E-state index in [2.05, 4.69) is 34.5 Å². The molecule has 1 fully saturated rings. The molecule has 26 heavy (non-hydrogen) atoms. The first-order chi connectivity index (χ1) is 12.7. The minimum atomic E-state index is -0.472. The molecule has 5 nitrogen and oxygen atoms in total. The van der Waals surface area contributed by atoms with E-state index in [0.717, 1.165) is 38.3 Å². The number of rotatable bonds is 7. The van der Waals surface area contributed by atoms with Crippen molar-refractivity contribution in [1.29, 1.82) is 0 Å². The molecule has 1 amide bonds. The summed E-state index contributed by atoms with van der Waals surface area (Å²) in [6.45, 7) is 3.67. The molecule has 1 N–H and O–H groups in total. The molecule has 0 atom stereocenters. The van der Waals surface area contributed by atoms with Crippen LogP contribution >= 0.6 is 0 Å². The number of nitrogens with one attached hydrogen (secondary N) is 1. The highest BCUT2D eigenvalue weighted by Gasteiger charge is 2.11. The minimum absolute atomic E-state index is 0.0846. The molecule has 138 valence electrons. The first kappa shape index (κ1) is 18.2. The monoisotopic (exact) mass is 358 g/mol. The Kier molecular flexibility index (Phi) is 6.44. The number of benzene rings is 2. The predicted octanol–water partition coefficient (Wildman–Crippen LogP) is 2.40. The lowest BCUT2D eigenvalue weighted by Gasteiger charge is -2.28. The number of amides is 1. The van der Waals surface area contributed by atoms with Crippen LogP contribution in [0, 0.1) is 5.82 Å². The van der Waals surface area contributed by atoms with E-state index >= 15 is 0 Å². The van der Waals surface area contributed by atoms with Gasteiger partial charge >= 0.3 is 0 Å². The molecule has 1 heterocycles. The quantitative estimate of drug-likeness (QED) is 0.826. The van der Waals surface area contributed by atoms with Crippen LogP contribution in [0.4, 0.5) is 10.1 Å². The van der Waals surface area contributed by atoms with Crippen LogP contribution in [0.1, 0.15) is 5.56 Å². The Balaban J connectivity index is 1.38. The van der Waals surface area contributed by atoms with Crippen molar-refractivity contribution in [2.24, 2.45) is 0 Å². The van der Waals surface area contributed by atoms with E-state index in [4.69, 9.17) is 9.47 Å². The molecule has 6 heteroatoms. The van der Waals surface area contributed by atoms with Gasteiger partial charge in [-0.2, -0.15) is 0 Å². The molecule has 1 saturated heterocycles. The van der Waals surface area contributed by atoms with Crippen molar-refractivity contribution in [3.8, 4) is 5.75 Å². The van der Waals surface area contributed by atoms with E-state index in [-0.39, 0.29) is 18.3 Å². The van der Waals surface area contributed by atoms with Gasteiger partial charge in [-0.25, -0.2) is 4.39 Å². The SMILES string of the molecule is O=C(COc1ccccc1F)NCCc1ccc(N2CCOCC2)cc1. The Morgan fingerprint density at radius 1 is 1.12 bits per heavy atom. The van der Waals surface area contributed by atoms with Gasteiger partial charge in [0, 0.05) is 25.3 Å². The number of carbonyl (C=O) groups excluding carboxylic acids is 1. The van der Waals surface area contributed by atoms with Gasteiger partial charge in [-0.05, 0) is 36.2 Å². The summed E-state index contributed by atoms with van der Waals surface area (Å²) in [5.74, 6) is -0.653. The molecular weight excluding hydrogens is 335 g/mol. The van der Waals surface area contributed by atoms with E-state index in [1.807, 2.05) is 0 Å². The number of carbonyl (C=O) groups is 1. The van der Waals surface area contributed by atoms with Crippen LogP contribution in [0.25, 0.3) is 0 Å². The summed E-state index contributed by atoms with van der Waals surface area (Å²) >= 11 is 0. The lowest BCUT2D eigenvalue weighted by Crippen LogP contribution is -2.36. The predicted molar refractivity (Wildman–Crippen MR) is 98.1 cm³/mol. The zero-order valence-electron chi connectivity index (χ0n) is 14.6. The Hall–Kier alpha value is -2.60. The van der Waals surface area contributed by atoms with E-state index < -0.39 is 5.82 Å². The van der Waals surface area contributed by atoms with E-state index in [1.54, 1.807) is 12.1 Å². The molecule has 1 aliphatic rings. The lowest BCUT2D eigenvalue weighted by atomic mass is 10.1. The highest BCUT2D eigenvalue weighted by Crippen LogP contribution is 2.17. The van der Waals surface area contributed by atoms with Gasteiger partial charge in [-0.1, -0.05) is 24.3 Å². The number of hydrogen-bond donors (Lipinski definition) is 1. The van der Waals surface area contributed by atoms with Gasteiger partial charge in [0.2, 0.25) is 0 Å². The molecule has 3 rings (SSSR count). The molecule has 0 bridgehead atoms. The third kappa shape index (κ3) is 5.20. The van der Waals surface area contributed by atoms with Crippen molar-refractivity contribution in [3.63, 3.8) is 0 Å². The van der Waals surface area contributed by atoms with E-state index in [0.29, 0.717) is 6.54 Å². The maximum Gasteiger partial charge on any atom is 0.257 e. The molecular formula is C20H23FN2O3. The zero-order chi connectivity index (χ0) is 18.2. The smallest absolute Gasteiger partial charge is 0.257 e. The van der Waals surface area contributed by atoms with Crippen LogP contribution in [0.2, 0.25) is 0 Å². The average Bonchev–Trinajstić information content (AvgIpc) is 2.69. The second-order valence-electron chi connectivity index (χ2n) is 6.08. The van der Waals surface area contributed by atoms with Crippen LogP contribution in [0.15, 0.2) is 48.5 Å². The summed E-state index contributed by atoms with van der Waals surface area (Å²) < 4.78 is 24.0. The maximum atomic E-state index is 13.4. The van der Waals surface area contributed by atoms with Crippen molar-refractivity contribution in [1.82, 2.24) is 5.32 Å². The first-order valence-corrected chi connectivity index (χ1v) is 8.78. The largest absolute Gasteiger partial charge is 0.481 e. The fraction of sp³-hybridized carbons (Fsp3) is 0.350. The Morgan fingerprint density at radius 3 is 2.58 bits per heavy atom. The van der Waals surface area contributed by atoms with Gasteiger partial charge in [0.25, 0.3) is 5.91 Å². The van der Waals surface area contributed by atoms with Crippen LogP contribution < -0.4 is 15.0 Å². The highest BCUT2D eigenvalue weighted by atomic mass is 19.1. The van der Waals surface area contributed by atoms with Crippen molar-refractivity contribution in [2.75, 3.05) is 44.4 Å². The van der Waals surface area contributed by atoms with Gasteiger partial charge in [0.15, 0.2) is 18.2 Å². The Bertz CT molecular complexity index is 715. The van der Waals surface area contributed by atoms with Crippen LogP contribution in [-0.4, -0.2) is 45.4 Å². The molecule has 0 aliphatic carbocycles. The van der Waals surface area contributed by atoms with Crippen molar-refractivity contribution >= 4 is 11.6 Å². The number of halogens is 1. The number of anilines is 1. The van der Waals surface area contributed by atoms with Crippen LogP contribution in [0.5, 0.6) is 5.75 Å². The summed E-state index contributed by atoms with van der Waals surface area (Å²) in [6, 6.07) is 14.4. The molecule has 1 aliphatic heterocycles. The topological polar surface area (TPSA) is 50.8 Å². The summed E-state index contributed by atoms with van der Waals surface area (Å²) in [4.78, 5) is 14.1. The minimum Gasteiger partial charge on any atom is -0.481 e. The molecule has 0 unspecified atom stereocenters. The number of ether oxygens (including phenoxy) is 2. The summed E-state index contributed by atoms with van der Waals surface area (Å²) in [6.07, 6.45) is 0.731. The standard InChI is InChI=1S/C20H23FN2O3/c21-18-3-1-2-4-19(18)26-15-20(24)22-10-9-16-5-7-17(8-6-16)23-11-13-25-14-12-23/h1-8H,9-15H2,(H,22,24). The summed E-state index contributed by atoms with van der Waals surface area (Å²) in [7, 11) is 0. The average molecular weight is 358 g/mol. The molecule has 2 aromatic rings. The second-order valence-corrected chi connectivity index (χ2v) is 6.08. The van der Waals surface area contributed by atoms with Crippen LogP contribution in [-0.2, 0) is 16.0 Å². The van der Waals surface area contributed by atoms with Gasteiger partial charge < -0.3 is 19.7 Å². The molecule has 0 radical (unpaired) electrons. The molecule has 0 saturated carbocycles.